The topological polar surface area (TPSA) is 99.7 Å². The summed E-state index contributed by atoms with van der Waals surface area (Å²) in [6.07, 6.45) is 3.51. The molecule has 0 aliphatic rings. The Balaban J connectivity index is 1.67. The van der Waals surface area contributed by atoms with Gasteiger partial charge in [-0.3, -0.25) is 5.10 Å². The molecular formula is C20H15N5O2. The van der Waals surface area contributed by atoms with Gasteiger partial charge in [-0.05, 0) is 42.0 Å². The number of phenolic OH excluding ortho intramolecular Hbond substituents is 1. The van der Waals surface area contributed by atoms with Crippen LogP contribution in [0, 0.1) is 0 Å². The van der Waals surface area contributed by atoms with E-state index in [4.69, 9.17) is 4.74 Å². The van der Waals surface area contributed by atoms with E-state index in [1.807, 2.05) is 42.6 Å². The van der Waals surface area contributed by atoms with Crippen LogP contribution in [-0.4, -0.2) is 37.4 Å². The van der Waals surface area contributed by atoms with Crippen LogP contribution in [0.15, 0.2) is 54.9 Å². The number of benzene rings is 2. The van der Waals surface area contributed by atoms with Crippen molar-refractivity contribution in [1.29, 1.82) is 0 Å². The maximum atomic E-state index is 10.4. The molecular weight excluding hydrogens is 342 g/mol. The standard InChI is InChI=1S/C20H15N5O2/c1-27-20-13(3-2-6-21-20)11-4-5-18(26)14(7-11)19-23-16-8-12-10-22-25-15(12)9-17(16)24-19/h2-10,26H,1H3,(H,22,25)(H,23,24). The number of H-pyrrole nitrogens is 2. The zero-order valence-electron chi connectivity index (χ0n) is 14.4. The number of nitrogens with one attached hydrogen (secondary N) is 2. The van der Waals surface area contributed by atoms with Gasteiger partial charge >= 0.3 is 0 Å². The monoisotopic (exact) mass is 357 g/mol. The predicted molar refractivity (Wildman–Crippen MR) is 103 cm³/mol. The van der Waals surface area contributed by atoms with Crippen LogP contribution in [-0.2, 0) is 0 Å². The van der Waals surface area contributed by atoms with Crippen molar-refractivity contribution in [3.05, 3.63) is 54.9 Å². The second-order valence-corrected chi connectivity index (χ2v) is 6.19. The summed E-state index contributed by atoms with van der Waals surface area (Å²) in [5.41, 5.74) is 4.85. The second-order valence-electron chi connectivity index (χ2n) is 6.19. The molecule has 0 bridgehead atoms. The van der Waals surface area contributed by atoms with Gasteiger partial charge in [-0.1, -0.05) is 6.07 Å². The lowest BCUT2D eigenvalue weighted by atomic mass is 10.0. The average Bonchev–Trinajstić information content (AvgIpc) is 3.32. The summed E-state index contributed by atoms with van der Waals surface area (Å²) in [5, 5.41) is 18.4. The van der Waals surface area contributed by atoms with Gasteiger partial charge < -0.3 is 14.8 Å². The van der Waals surface area contributed by atoms with Crippen molar-refractivity contribution in [3.63, 3.8) is 0 Å². The first-order valence-electron chi connectivity index (χ1n) is 8.39. The van der Waals surface area contributed by atoms with Crippen LogP contribution in [0.25, 0.3) is 44.5 Å². The summed E-state index contributed by atoms with van der Waals surface area (Å²) in [6.45, 7) is 0. The van der Waals surface area contributed by atoms with Crippen LogP contribution in [0.5, 0.6) is 11.6 Å². The third kappa shape index (κ3) is 2.48. The number of nitrogens with zero attached hydrogens (tertiary/aromatic N) is 3. The molecule has 0 saturated carbocycles. The minimum absolute atomic E-state index is 0.145. The minimum Gasteiger partial charge on any atom is -0.507 e. The molecule has 7 nitrogen and oxygen atoms in total. The fourth-order valence-corrected chi connectivity index (χ4v) is 3.24. The minimum atomic E-state index is 0.145. The number of pyridine rings is 1. The molecule has 0 fully saturated rings. The molecule has 5 aromatic rings. The number of fused-ring (bicyclic) bond motifs is 2. The first kappa shape index (κ1) is 15.4. The van der Waals surface area contributed by atoms with E-state index in [9.17, 15) is 5.11 Å². The molecule has 27 heavy (non-hydrogen) atoms. The van der Waals surface area contributed by atoms with E-state index in [0.29, 0.717) is 17.3 Å². The normalized spacial score (nSPS) is 11.3. The van der Waals surface area contributed by atoms with Crippen molar-refractivity contribution in [3.8, 4) is 34.1 Å². The van der Waals surface area contributed by atoms with Crippen LogP contribution >= 0.6 is 0 Å². The zero-order chi connectivity index (χ0) is 18.4. The predicted octanol–water partition coefficient (Wildman–Crippen LogP) is 3.88. The Kier molecular flexibility index (Phi) is 3.33. The van der Waals surface area contributed by atoms with Gasteiger partial charge in [0.05, 0.1) is 29.2 Å². The summed E-state index contributed by atoms with van der Waals surface area (Å²) >= 11 is 0. The molecule has 3 N–H and O–H groups in total. The van der Waals surface area contributed by atoms with Crippen LogP contribution in [0.3, 0.4) is 0 Å². The molecule has 0 aliphatic carbocycles. The van der Waals surface area contributed by atoms with Gasteiger partial charge in [0.2, 0.25) is 5.88 Å². The third-order valence-corrected chi connectivity index (χ3v) is 4.56. The summed E-state index contributed by atoms with van der Waals surface area (Å²) in [6, 6.07) is 13.0. The molecule has 132 valence electrons. The number of hydrogen-bond donors (Lipinski definition) is 3. The first-order valence-corrected chi connectivity index (χ1v) is 8.39. The Morgan fingerprint density at radius 1 is 1.04 bits per heavy atom. The van der Waals surface area contributed by atoms with Gasteiger partial charge in [-0.2, -0.15) is 5.10 Å². The Labute approximate surface area is 153 Å². The second kappa shape index (κ2) is 5.84. The molecule has 0 amide bonds. The highest BCUT2D eigenvalue weighted by molar-refractivity contribution is 5.94. The fraction of sp³-hybridized carbons (Fsp3) is 0.0500. The Bertz CT molecular complexity index is 1240. The lowest BCUT2D eigenvalue weighted by Crippen LogP contribution is -1.91. The number of phenols is 1. The zero-order valence-corrected chi connectivity index (χ0v) is 14.4. The molecule has 7 heteroatoms. The average molecular weight is 357 g/mol. The van der Waals surface area contributed by atoms with Crippen LogP contribution in [0.1, 0.15) is 0 Å². The highest BCUT2D eigenvalue weighted by atomic mass is 16.5. The number of ether oxygens (including phenoxy) is 1. The van der Waals surface area contributed by atoms with Gasteiger partial charge in [0.25, 0.3) is 0 Å². The largest absolute Gasteiger partial charge is 0.507 e. The van der Waals surface area contributed by atoms with E-state index in [2.05, 4.69) is 25.1 Å². The van der Waals surface area contributed by atoms with Crippen molar-refractivity contribution in [1.82, 2.24) is 25.1 Å². The lowest BCUT2D eigenvalue weighted by molar-refractivity contribution is 0.399. The number of aromatic nitrogens is 5. The third-order valence-electron chi connectivity index (χ3n) is 4.56. The number of methoxy groups -OCH3 is 1. The molecule has 0 aliphatic heterocycles. The van der Waals surface area contributed by atoms with Gasteiger partial charge in [0.1, 0.15) is 11.6 Å². The van der Waals surface area contributed by atoms with Crippen molar-refractivity contribution in [2.45, 2.75) is 0 Å². The number of aromatic amines is 2. The highest BCUT2D eigenvalue weighted by Crippen LogP contribution is 2.36. The van der Waals surface area contributed by atoms with E-state index in [1.165, 1.54) is 0 Å². The van der Waals surface area contributed by atoms with E-state index in [1.54, 1.807) is 19.4 Å². The Morgan fingerprint density at radius 3 is 2.85 bits per heavy atom. The van der Waals surface area contributed by atoms with Crippen molar-refractivity contribution in [2.24, 2.45) is 0 Å². The maximum Gasteiger partial charge on any atom is 0.221 e. The molecule has 2 aromatic carbocycles. The molecule has 3 aromatic heterocycles. The van der Waals surface area contributed by atoms with Gasteiger partial charge in [-0.15, -0.1) is 0 Å². The Hall–Kier alpha value is -3.87. The molecule has 0 atom stereocenters. The first-order chi connectivity index (χ1) is 13.2. The highest BCUT2D eigenvalue weighted by Gasteiger charge is 2.14. The lowest BCUT2D eigenvalue weighted by Gasteiger charge is -2.09. The fourth-order valence-electron chi connectivity index (χ4n) is 3.24. The summed E-state index contributed by atoms with van der Waals surface area (Å²) in [5.74, 6) is 1.26. The number of imidazole rings is 1. The molecule has 0 saturated heterocycles. The Morgan fingerprint density at radius 2 is 1.96 bits per heavy atom. The number of hydrogen-bond acceptors (Lipinski definition) is 5. The van der Waals surface area contributed by atoms with Gasteiger partial charge in [-0.25, -0.2) is 9.97 Å². The molecule has 5 rings (SSSR count). The maximum absolute atomic E-state index is 10.4. The summed E-state index contributed by atoms with van der Waals surface area (Å²) in [4.78, 5) is 12.2. The van der Waals surface area contributed by atoms with Crippen molar-refractivity contribution >= 4 is 21.9 Å². The molecule has 0 radical (unpaired) electrons. The molecule has 0 unspecified atom stereocenters. The van der Waals surface area contributed by atoms with E-state index in [0.717, 1.165) is 33.1 Å². The van der Waals surface area contributed by atoms with Crippen molar-refractivity contribution < 1.29 is 9.84 Å². The molecule has 0 spiro atoms. The van der Waals surface area contributed by atoms with Crippen LogP contribution < -0.4 is 4.74 Å². The van der Waals surface area contributed by atoms with Crippen molar-refractivity contribution in [2.75, 3.05) is 7.11 Å². The van der Waals surface area contributed by atoms with E-state index in [-0.39, 0.29) is 5.75 Å². The van der Waals surface area contributed by atoms with E-state index < -0.39 is 0 Å². The van der Waals surface area contributed by atoms with E-state index >= 15 is 0 Å². The summed E-state index contributed by atoms with van der Waals surface area (Å²) in [7, 11) is 1.59. The quantitative estimate of drug-likeness (QED) is 0.455. The van der Waals surface area contributed by atoms with Gasteiger partial charge in [0, 0.05) is 23.3 Å². The smallest absolute Gasteiger partial charge is 0.221 e. The van der Waals surface area contributed by atoms with Crippen LogP contribution in [0.4, 0.5) is 0 Å². The number of aromatic hydroxyl groups is 1. The summed E-state index contributed by atoms with van der Waals surface area (Å²) < 4.78 is 5.35. The SMILES string of the molecule is COc1ncccc1-c1ccc(O)c(-c2nc3cc4c[nH]nc4cc3[nH]2)c1. The van der Waals surface area contributed by atoms with Crippen LogP contribution in [0.2, 0.25) is 0 Å². The van der Waals surface area contributed by atoms with Gasteiger partial charge in [0.15, 0.2) is 0 Å². The molecule has 3 heterocycles. The number of rotatable bonds is 3.